The molecule has 0 unspecified atom stereocenters. The largest absolute Gasteiger partial charge is 0.482 e. The molecule has 0 bridgehead atoms. The first-order chi connectivity index (χ1) is 11.6. The van der Waals surface area contributed by atoms with Crippen molar-refractivity contribution in [2.75, 3.05) is 6.61 Å². The van der Waals surface area contributed by atoms with Gasteiger partial charge in [0, 0.05) is 4.47 Å². The number of nitrogens with zero attached hydrogens (tertiary/aromatic N) is 1. The summed E-state index contributed by atoms with van der Waals surface area (Å²) in [7, 11) is 0. The van der Waals surface area contributed by atoms with E-state index in [-0.39, 0.29) is 12.5 Å². The Labute approximate surface area is 155 Å². The van der Waals surface area contributed by atoms with Gasteiger partial charge in [-0.1, -0.05) is 71.2 Å². The van der Waals surface area contributed by atoms with E-state index in [2.05, 4.69) is 33.4 Å². The predicted octanol–water partition coefficient (Wildman–Crippen LogP) is 4.80. The fraction of sp³-hybridized carbons (Fsp3) is 0.222. The van der Waals surface area contributed by atoms with Gasteiger partial charge in [0.2, 0.25) is 0 Å². The third kappa shape index (κ3) is 5.65. The quantitative estimate of drug-likeness (QED) is 0.527. The third-order valence-corrected chi connectivity index (χ3v) is 3.95. The standard InChI is InChI=1S/C18H18BrClN2O2/c1-2-6-16(13-7-4-3-5-8-13)21-22-18(23)12-24-17-10-9-14(19)11-15(17)20/h3-5,7-11H,2,6,12H2,1H3,(H,22,23)/b21-16+. The van der Waals surface area contributed by atoms with Crippen LogP contribution in [0.3, 0.4) is 0 Å². The molecule has 2 aromatic rings. The monoisotopic (exact) mass is 408 g/mol. The highest BCUT2D eigenvalue weighted by molar-refractivity contribution is 9.10. The fourth-order valence-electron chi connectivity index (χ4n) is 2.03. The minimum absolute atomic E-state index is 0.154. The molecule has 1 amide bonds. The first-order valence-corrected chi connectivity index (χ1v) is 8.76. The van der Waals surface area contributed by atoms with Gasteiger partial charge in [-0.2, -0.15) is 5.10 Å². The van der Waals surface area contributed by atoms with Crippen molar-refractivity contribution in [2.24, 2.45) is 5.10 Å². The first-order valence-electron chi connectivity index (χ1n) is 7.59. The number of amides is 1. The second-order valence-corrected chi connectivity index (χ2v) is 6.40. The molecule has 2 aromatic carbocycles. The molecule has 0 aliphatic heterocycles. The Morgan fingerprint density at radius 3 is 2.67 bits per heavy atom. The second-order valence-electron chi connectivity index (χ2n) is 5.07. The number of ether oxygens (including phenoxy) is 1. The van der Waals surface area contributed by atoms with E-state index < -0.39 is 0 Å². The van der Waals surface area contributed by atoms with Gasteiger partial charge < -0.3 is 4.74 Å². The SMILES string of the molecule is CCC/C(=N\NC(=O)COc1ccc(Br)cc1Cl)c1ccccc1. The molecule has 0 spiro atoms. The molecule has 0 fully saturated rings. The predicted molar refractivity (Wildman–Crippen MR) is 101 cm³/mol. The Morgan fingerprint density at radius 2 is 2.00 bits per heavy atom. The van der Waals surface area contributed by atoms with Gasteiger partial charge in [-0.25, -0.2) is 5.43 Å². The zero-order valence-electron chi connectivity index (χ0n) is 13.3. The highest BCUT2D eigenvalue weighted by Crippen LogP contribution is 2.27. The van der Waals surface area contributed by atoms with E-state index in [0.29, 0.717) is 10.8 Å². The molecule has 0 saturated carbocycles. The molecule has 0 radical (unpaired) electrons. The summed E-state index contributed by atoms with van der Waals surface area (Å²) in [5.74, 6) is 0.120. The summed E-state index contributed by atoms with van der Waals surface area (Å²) in [5, 5.41) is 4.67. The lowest BCUT2D eigenvalue weighted by molar-refractivity contribution is -0.123. The number of carbonyl (C=O) groups excluding carboxylic acids is 1. The highest BCUT2D eigenvalue weighted by atomic mass is 79.9. The third-order valence-electron chi connectivity index (χ3n) is 3.16. The number of halogens is 2. The molecular formula is C18H18BrClN2O2. The molecule has 1 N–H and O–H groups in total. The molecule has 24 heavy (non-hydrogen) atoms. The molecule has 0 aliphatic rings. The van der Waals surface area contributed by atoms with Gasteiger partial charge in [-0.15, -0.1) is 0 Å². The summed E-state index contributed by atoms with van der Waals surface area (Å²) in [5.41, 5.74) is 4.38. The van der Waals surface area contributed by atoms with Crippen molar-refractivity contribution >= 4 is 39.1 Å². The van der Waals surface area contributed by atoms with Crippen molar-refractivity contribution in [1.82, 2.24) is 5.43 Å². The van der Waals surface area contributed by atoms with Gasteiger partial charge in [0.25, 0.3) is 5.91 Å². The van der Waals surface area contributed by atoms with Gasteiger partial charge in [-0.05, 0) is 30.2 Å². The molecular weight excluding hydrogens is 392 g/mol. The average molecular weight is 410 g/mol. The molecule has 0 heterocycles. The van der Waals surface area contributed by atoms with Crippen molar-refractivity contribution in [3.8, 4) is 5.75 Å². The van der Waals surface area contributed by atoms with Crippen molar-refractivity contribution in [3.63, 3.8) is 0 Å². The number of benzene rings is 2. The van der Waals surface area contributed by atoms with E-state index in [1.807, 2.05) is 30.3 Å². The molecule has 0 saturated heterocycles. The molecule has 0 atom stereocenters. The van der Waals surface area contributed by atoms with Crippen molar-refractivity contribution in [3.05, 3.63) is 63.6 Å². The van der Waals surface area contributed by atoms with Crippen LogP contribution >= 0.6 is 27.5 Å². The van der Waals surface area contributed by atoms with Crippen LogP contribution in [0.2, 0.25) is 5.02 Å². The number of hydrogen-bond donors (Lipinski definition) is 1. The first kappa shape index (κ1) is 18.5. The van der Waals surface area contributed by atoms with E-state index >= 15 is 0 Å². The van der Waals surface area contributed by atoms with Crippen LogP contribution in [-0.2, 0) is 4.79 Å². The maximum absolute atomic E-state index is 11.9. The molecule has 4 nitrogen and oxygen atoms in total. The van der Waals surface area contributed by atoms with Gasteiger partial charge >= 0.3 is 0 Å². The van der Waals surface area contributed by atoms with Crippen molar-refractivity contribution < 1.29 is 9.53 Å². The summed E-state index contributed by atoms with van der Waals surface area (Å²) in [6.45, 7) is 1.91. The van der Waals surface area contributed by atoms with Gasteiger partial charge in [0.1, 0.15) is 5.75 Å². The summed E-state index contributed by atoms with van der Waals surface area (Å²) in [6, 6.07) is 15.0. The lowest BCUT2D eigenvalue weighted by Gasteiger charge is -2.09. The summed E-state index contributed by atoms with van der Waals surface area (Å²) < 4.78 is 6.27. The van der Waals surface area contributed by atoms with Crippen molar-refractivity contribution in [2.45, 2.75) is 19.8 Å². The van der Waals surface area contributed by atoms with Crippen LogP contribution in [0, 0.1) is 0 Å². The molecule has 126 valence electrons. The maximum atomic E-state index is 11.9. The Morgan fingerprint density at radius 1 is 1.25 bits per heavy atom. The number of rotatable bonds is 7. The van der Waals surface area contributed by atoms with Crippen LogP contribution in [0.1, 0.15) is 25.3 Å². The Kier molecular flexibility index (Phi) is 7.28. The number of hydrazone groups is 1. The number of carbonyl (C=O) groups is 1. The van der Waals surface area contributed by atoms with E-state index in [0.717, 1.165) is 28.6 Å². The highest BCUT2D eigenvalue weighted by Gasteiger charge is 2.07. The maximum Gasteiger partial charge on any atom is 0.277 e. The zero-order valence-corrected chi connectivity index (χ0v) is 15.6. The van der Waals surface area contributed by atoms with E-state index in [1.54, 1.807) is 18.2 Å². The lowest BCUT2D eigenvalue weighted by atomic mass is 10.1. The van der Waals surface area contributed by atoms with Crippen LogP contribution < -0.4 is 10.2 Å². The molecule has 2 rings (SSSR count). The molecule has 0 aromatic heterocycles. The number of nitrogens with one attached hydrogen (secondary N) is 1. The summed E-state index contributed by atoms with van der Waals surface area (Å²) in [6.07, 6.45) is 1.72. The summed E-state index contributed by atoms with van der Waals surface area (Å²) >= 11 is 9.36. The molecule has 6 heteroatoms. The topological polar surface area (TPSA) is 50.7 Å². The van der Waals surface area contributed by atoms with Gasteiger partial charge in [-0.3, -0.25) is 4.79 Å². The van der Waals surface area contributed by atoms with Crippen molar-refractivity contribution in [1.29, 1.82) is 0 Å². The van der Waals surface area contributed by atoms with Crippen LogP contribution in [0.15, 0.2) is 58.1 Å². The average Bonchev–Trinajstić information content (AvgIpc) is 2.58. The minimum atomic E-state index is -0.335. The van der Waals surface area contributed by atoms with Crippen LogP contribution in [0.25, 0.3) is 0 Å². The van der Waals surface area contributed by atoms with E-state index in [1.165, 1.54) is 0 Å². The second kappa shape index (κ2) is 9.45. The molecule has 0 aliphatic carbocycles. The zero-order chi connectivity index (χ0) is 17.4. The Balaban J connectivity index is 1.95. The van der Waals surface area contributed by atoms with Crippen LogP contribution in [-0.4, -0.2) is 18.2 Å². The fourth-order valence-corrected chi connectivity index (χ4v) is 2.76. The minimum Gasteiger partial charge on any atom is -0.482 e. The Hall–Kier alpha value is -1.85. The van der Waals surface area contributed by atoms with E-state index in [9.17, 15) is 4.79 Å². The van der Waals surface area contributed by atoms with Gasteiger partial charge in [0.05, 0.1) is 10.7 Å². The van der Waals surface area contributed by atoms with Crippen LogP contribution in [0.5, 0.6) is 5.75 Å². The smallest absolute Gasteiger partial charge is 0.277 e. The normalized spacial score (nSPS) is 11.2. The summed E-state index contributed by atoms with van der Waals surface area (Å²) in [4.78, 5) is 11.9. The lowest BCUT2D eigenvalue weighted by Crippen LogP contribution is -2.26. The van der Waals surface area contributed by atoms with Gasteiger partial charge in [0.15, 0.2) is 6.61 Å². The Bertz CT molecular complexity index is 720. The number of hydrogen-bond acceptors (Lipinski definition) is 3. The van der Waals surface area contributed by atoms with E-state index in [4.69, 9.17) is 16.3 Å². The van der Waals surface area contributed by atoms with Crippen LogP contribution in [0.4, 0.5) is 0 Å².